The normalized spacial score (nSPS) is 10.2. The number of benzene rings is 2. The van der Waals surface area contributed by atoms with Crippen LogP contribution in [0.25, 0.3) is 0 Å². The molecule has 0 aliphatic carbocycles. The summed E-state index contributed by atoms with van der Waals surface area (Å²) in [7, 11) is 1.90. The van der Waals surface area contributed by atoms with Gasteiger partial charge in [0, 0.05) is 42.9 Å². The number of aromatic nitrogens is 2. The van der Waals surface area contributed by atoms with E-state index < -0.39 is 0 Å². The van der Waals surface area contributed by atoms with Gasteiger partial charge >= 0.3 is 6.03 Å². The van der Waals surface area contributed by atoms with Crippen LogP contribution in [0.3, 0.4) is 0 Å². The molecule has 3 amide bonds. The molecule has 3 aromatic rings. The van der Waals surface area contributed by atoms with Crippen molar-refractivity contribution in [3.8, 4) is 5.75 Å². The van der Waals surface area contributed by atoms with Crippen LogP contribution < -0.4 is 20.7 Å². The lowest BCUT2D eigenvalue weighted by Gasteiger charge is -2.09. The second-order valence-corrected chi connectivity index (χ2v) is 6.42. The Bertz CT molecular complexity index is 1010. The van der Waals surface area contributed by atoms with Crippen molar-refractivity contribution in [2.45, 2.75) is 6.61 Å². The number of hydrogen-bond donors (Lipinski definition) is 3. The van der Waals surface area contributed by atoms with Crippen molar-refractivity contribution in [3.63, 3.8) is 0 Å². The fourth-order valence-corrected chi connectivity index (χ4v) is 2.57. The van der Waals surface area contributed by atoms with E-state index >= 15 is 0 Å². The molecule has 0 bridgehead atoms. The first kappa shape index (κ1) is 20.7. The number of aryl methyl sites for hydroxylation is 1. The number of hydrogen-bond acceptors (Lipinski definition) is 4. The first-order valence-electron chi connectivity index (χ1n) is 9.31. The molecule has 30 heavy (non-hydrogen) atoms. The second kappa shape index (κ2) is 9.92. The highest BCUT2D eigenvalue weighted by Gasteiger charge is 2.08. The minimum absolute atomic E-state index is 0.241. The van der Waals surface area contributed by atoms with Crippen LogP contribution in [0, 0.1) is 0 Å². The van der Waals surface area contributed by atoms with Gasteiger partial charge in [0.1, 0.15) is 18.2 Å². The van der Waals surface area contributed by atoms with E-state index in [-0.39, 0.29) is 11.9 Å². The van der Waals surface area contributed by atoms with Crippen molar-refractivity contribution in [3.05, 3.63) is 85.0 Å². The molecule has 0 saturated heterocycles. The zero-order valence-electron chi connectivity index (χ0n) is 16.6. The molecular weight excluding hydrogens is 382 g/mol. The molecule has 3 N–H and O–H groups in total. The number of nitrogens with zero attached hydrogens (tertiary/aromatic N) is 2. The van der Waals surface area contributed by atoms with Crippen LogP contribution in [0.4, 0.5) is 16.2 Å². The maximum Gasteiger partial charge on any atom is 0.319 e. The van der Waals surface area contributed by atoms with Crippen LogP contribution in [0.5, 0.6) is 5.75 Å². The van der Waals surface area contributed by atoms with Gasteiger partial charge in [0.15, 0.2) is 0 Å². The highest BCUT2D eigenvalue weighted by Crippen LogP contribution is 2.17. The largest absolute Gasteiger partial charge is 0.486 e. The van der Waals surface area contributed by atoms with Gasteiger partial charge in [-0.15, -0.1) is 6.58 Å². The lowest BCUT2D eigenvalue weighted by molar-refractivity contribution is 0.102. The lowest BCUT2D eigenvalue weighted by atomic mass is 10.2. The first-order chi connectivity index (χ1) is 14.5. The maximum absolute atomic E-state index is 12.4. The van der Waals surface area contributed by atoms with Gasteiger partial charge in [-0.05, 0) is 48.5 Å². The number of urea groups is 1. The first-order valence-corrected chi connectivity index (χ1v) is 9.31. The smallest absolute Gasteiger partial charge is 0.319 e. The summed E-state index contributed by atoms with van der Waals surface area (Å²) in [5.74, 6) is 1.22. The Balaban J connectivity index is 1.52. The van der Waals surface area contributed by atoms with Gasteiger partial charge < -0.3 is 25.3 Å². The summed E-state index contributed by atoms with van der Waals surface area (Å²) in [5, 5.41) is 8.13. The predicted molar refractivity (Wildman–Crippen MR) is 116 cm³/mol. The van der Waals surface area contributed by atoms with Crippen LogP contribution in [0.15, 0.2) is 73.6 Å². The maximum atomic E-state index is 12.4. The van der Waals surface area contributed by atoms with Gasteiger partial charge in [0.2, 0.25) is 0 Å². The van der Waals surface area contributed by atoms with Crippen molar-refractivity contribution >= 4 is 23.3 Å². The van der Waals surface area contributed by atoms with E-state index in [2.05, 4.69) is 27.5 Å². The molecule has 0 aliphatic rings. The molecule has 0 unspecified atom stereocenters. The zero-order chi connectivity index (χ0) is 21.3. The standard InChI is InChI=1S/C22H23N5O3/c1-3-12-24-22(29)26-18-8-6-17(7-9-18)25-21(28)16-4-10-19(11-5-16)30-15-20-23-13-14-27(20)2/h3-11,13-14H,1,12,15H2,2H3,(H,25,28)(H2,24,26,29). The molecule has 0 atom stereocenters. The molecule has 154 valence electrons. The molecule has 8 heteroatoms. The van der Waals surface area contributed by atoms with E-state index in [0.717, 1.165) is 5.82 Å². The van der Waals surface area contributed by atoms with E-state index in [9.17, 15) is 9.59 Å². The third kappa shape index (κ3) is 5.71. The van der Waals surface area contributed by atoms with Crippen LogP contribution in [-0.2, 0) is 13.7 Å². The number of amides is 3. The Hall–Kier alpha value is -4.07. The van der Waals surface area contributed by atoms with E-state index in [4.69, 9.17) is 4.74 Å². The fourth-order valence-electron chi connectivity index (χ4n) is 2.57. The Morgan fingerprint density at radius 3 is 2.33 bits per heavy atom. The number of carbonyl (C=O) groups excluding carboxylic acids is 2. The topological polar surface area (TPSA) is 97.3 Å². The summed E-state index contributed by atoms with van der Waals surface area (Å²) in [6.07, 6.45) is 5.16. The molecule has 8 nitrogen and oxygen atoms in total. The van der Waals surface area contributed by atoms with Crippen molar-refractivity contribution in [1.82, 2.24) is 14.9 Å². The van der Waals surface area contributed by atoms with Gasteiger partial charge in [0.25, 0.3) is 5.91 Å². The molecule has 0 aliphatic heterocycles. The van der Waals surface area contributed by atoms with Gasteiger partial charge in [-0.3, -0.25) is 4.79 Å². The minimum atomic E-state index is -0.322. The minimum Gasteiger partial charge on any atom is -0.486 e. The monoisotopic (exact) mass is 405 g/mol. The summed E-state index contributed by atoms with van der Waals surface area (Å²) in [6.45, 7) is 4.27. The van der Waals surface area contributed by atoms with Crippen LogP contribution in [-0.4, -0.2) is 28.0 Å². The molecular formula is C22H23N5O3. The Kier molecular flexibility index (Phi) is 6.83. The van der Waals surface area contributed by atoms with E-state index in [1.165, 1.54) is 0 Å². The van der Waals surface area contributed by atoms with Crippen LogP contribution in [0.2, 0.25) is 0 Å². The summed E-state index contributed by atoms with van der Waals surface area (Å²) in [4.78, 5) is 28.3. The van der Waals surface area contributed by atoms with Gasteiger partial charge in [-0.2, -0.15) is 0 Å². The third-order valence-electron chi connectivity index (χ3n) is 4.21. The van der Waals surface area contributed by atoms with Gasteiger partial charge in [-0.1, -0.05) is 6.08 Å². The second-order valence-electron chi connectivity index (χ2n) is 6.42. The number of rotatable bonds is 8. The number of ether oxygens (including phenoxy) is 1. The number of imidazole rings is 1. The quantitative estimate of drug-likeness (QED) is 0.499. The highest BCUT2D eigenvalue weighted by atomic mass is 16.5. The number of carbonyl (C=O) groups is 2. The summed E-state index contributed by atoms with van der Waals surface area (Å²) in [5.41, 5.74) is 1.74. The SMILES string of the molecule is C=CCNC(=O)Nc1ccc(NC(=O)c2ccc(OCc3nccn3C)cc2)cc1. The molecule has 0 saturated carbocycles. The fraction of sp³-hybridized carbons (Fsp3) is 0.136. The van der Waals surface area contributed by atoms with Crippen molar-refractivity contribution < 1.29 is 14.3 Å². The Labute approximate surface area is 174 Å². The van der Waals surface area contributed by atoms with Crippen LogP contribution in [0.1, 0.15) is 16.2 Å². The molecule has 2 aromatic carbocycles. The average molecular weight is 405 g/mol. The van der Waals surface area contributed by atoms with Gasteiger partial charge in [-0.25, -0.2) is 9.78 Å². The van der Waals surface area contributed by atoms with Crippen LogP contribution >= 0.6 is 0 Å². The molecule has 1 heterocycles. The Morgan fingerprint density at radius 1 is 1.07 bits per heavy atom. The van der Waals surface area contributed by atoms with Crippen molar-refractivity contribution in [1.29, 1.82) is 0 Å². The third-order valence-corrected chi connectivity index (χ3v) is 4.21. The summed E-state index contributed by atoms with van der Waals surface area (Å²) < 4.78 is 7.58. The molecule has 0 fully saturated rings. The molecule has 1 aromatic heterocycles. The van der Waals surface area contributed by atoms with E-state index in [1.807, 2.05) is 17.8 Å². The average Bonchev–Trinajstić information content (AvgIpc) is 3.17. The van der Waals surface area contributed by atoms with Crippen molar-refractivity contribution in [2.24, 2.45) is 7.05 Å². The number of nitrogens with one attached hydrogen (secondary N) is 3. The zero-order valence-corrected chi connectivity index (χ0v) is 16.6. The Morgan fingerprint density at radius 2 is 1.73 bits per heavy atom. The van der Waals surface area contributed by atoms with E-state index in [1.54, 1.807) is 60.8 Å². The highest BCUT2D eigenvalue weighted by molar-refractivity contribution is 6.04. The molecule has 0 radical (unpaired) electrons. The summed E-state index contributed by atoms with van der Waals surface area (Å²) >= 11 is 0. The van der Waals surface area contributed by atoms with Crippen molar-refractivity contribution in [2.75, 3.05) is 17.2 Å². The molecule has 0 spiro atoms. The lowest BCUT2D eigenvalue weighted by Crippen LogP contribution is -2.28. The predicted octanol–water partition coefficient (Wildman–Crippen LogP) is 3.56. The van der Waals surface area contributed by atoms with E-state index in [0.29, 0.717) is 35.8 Å². The molecule has 3 rings (SSSR count). The number of anilines is 2. The van der Waals surface area contributed by atoms with Gasteiger partial charge in [0.05, 0.1) is 0 Å². The summed E-state index contributed by atoms with van der Waals surface area (Å²) in [6, 6.07) is 13.4.